The van der Waals surface area contributed by atoms with Crippen LogP contribution in [0.5, 0.6) is 11.6 Å². The molecule has 100 valence electrons. The van der Waals surface area contributed by atoms with Gasteiger partial charge in [0.15, 0.2) is 0 Å². The molecule has 0 radical (unpaired) electrons. The Hall–Kier alpha value is -1.39. The highest BCUT2D eigenvalue weighted by Gasteiger charge is 2.06. The van der Waals surface area contributed by atoms with Gasteiger partial charge in [-0.15, -0.1) is 0 Å². The Morgan fingerprint density at radius 1 is 1.26 bits per heavy atom. The van der Waals surface area contributed by atoms with Crippen molar-refractivity contribution in [1.82, 2.24) is 4.98 Å². The van der Waals surface area contributed by atoms with E-state index in [4.69, 9.17) is 4.74 Å². The second kappa shape index (κ2) is 6.68. The second-order valence-corrected chi connectivity index (χ2v) is 5.10. The van der Waals surface area contributed by atoms with E-state index in [0.717, 1.165) is 28.6 Å². The van der Waals surface area contributed by atoms with Crippen molar-refractivity contribution in [2.45, 2.75) is 26.4 Å². The number of halogens is 1. The number of aliphatic hydroxyl groups is 1. The standard InChI is InChI=1S/C15H16BrNO2/c1-2-5-12-8-11(10-18)9-15(17-12)19-14-7-4-3-6-13(14)16/h3-4,6-9,18H,2,5,10H2,1H3. The van der Waals surface area contributed by atoms with Crippen LogP contribution in [-0.4, -0.2) is 10.1 Å². The Morgan fingerprint density at radius 2 is 2.05 bits per heavy atom. The molecular weight excluding hydrogens is 306 g/mol. The van der Waals surface area contributed by atoms with Gasteiger partial charge in [0.05, 0.1) is 11.1 Å². The van der Waals surface area contributed by atoms with E-state index < -0.39 is 0 Å². The first-order valence-corrected chi connectivity index (χ1v) is 7.05. The van der Waals surface area contributed by atoms with Crippen LogP contribution in [-0.2, 0) is 13.0 Å². The number of aryl methyl sites for hydroxylation is 1. The molecule has 0 saturated carbocycles. The first kappa shape index (κ1) is 14.0. The van der Waals surface area contributed by atoms with E-state index in [1.807, 2.05) is 30.3 Å². The van der Waals surface area contributed by atoms with E-state index >= 15 is 0 Å². The van der Waals surface area contributed by atoms with Crippen LogP contribution in [0.2, 0.25) is 0 Å². The van der Waals surface area contributed by atoms with Gasteiger partial charge in [0.25, 0.3) is 0 Å². The molecule has 1 aromatic heterocycles. The average molecular weight is 322 g/mol. The monoisotopic (exact) mass is 321 g/mol. The van der Waals surface area contributed by atoms with Gasteiger partial charge >= 0.3 is 0 Å². The van der Waals surface area contributed by atoms with Crippen LogP contribution in [0.1, 0.15) is 24.6 Å². The van der Waals surface area contributed by atoms with Crippen molar-refractivity contribution < 1.29 is 9.84 Å². The van der Waals surface area contributed by atoms with Crippen molar-refractivity contribution in [3.63, 3.8) is 0 Å². The largest absolute Gasteiger partial charge is 0.438 e. The van der Waals surface area contributed by atoms with Crippen molar-refractivity contribution in [2.24, 2.45) is 0 Å². The van der Waals surface area contributed by atoms with Crippen LogP contribution in [0.25, 0.3) is 0 Å². The van der Waals surface area contributed by atoms with Gasteiger partial charge in [0.2, 0.25) is 5.88 Å². The normalized spacial score (nSPS) is 10.5. The predicted molar refractivity (Wildman–Crippen MR) is 78.4 cm³/mol. The van der Waals surface area contributed by atoms with E-state index in [2.05, 4.69) is 27.8 Å². The predicted octanol–water partition coefficient (Wildman–Crippen LogP) is 4.08. The van der Waals surface area contributed by atoms with Crippen LogP contribution >= 0.6 is 15.9 Å². The van der Waals surface area contributed by atoms with Gasteiger partial charge < -0.3 is 9.84 Å². The third kappa shape index (κ3) is 3.78. The molecule has 1 N–H and O–H groups in total. The number of aromatic nitrogens is 1. The van der Waals surface area contributed by atoms with Crippen molar-refractivity contribution in [3.8, 4) is 11.6 Å². The summed E-state index contributed by atoms with van der Waals surface area (Å²) in [4.78, 5) is 4.45. The van der Waals surface area contributed by atoms with Crippen LogP contribution in [0.3, 0.4) is 0 Å². The molecule has 2 aromatic rings. The molecule has 0 spiro atoms. The number of para-hydroxylation sites is 1. The van der Waals surface area contributed by atoms with Crippen molar-refractivity contribution in [3.05, 3.63) is 52.1 Å². The van der Waals surface area contributed by atoms with Gasteiger partial charge in [-0.3, -0.25) is 0 Å². The Morgan fingerprint density at radius 3 is 2.74 bits per heavy atom. The van der Waals surface area contributed by atoms with E-state index in [1.165, 1.54) is 0 Å². The van der Waals surface area contributed by atoms with Gasteiger partial charge in [0, 0.05) is 11.8 Å². The first-order valence-electron chi connectivity index (χ1n) is 6.26. The quantitative estimate of drug-likeness (QED) is 0.902. The lowest BCUT2D eigenvalue weighted by Crippen LogP contribution is -1.97. The fourth-order valence-electron chi connectivity index (χ4n) is 1.79. The Bertz CT molecular complexity index is 558. The summed E-state index contributed by atoms with van der Waals surface area (Å²) in [5.41, 5.74) is 1.76. The zero-order chi connectivity index (χ0) is 13.7. The number of hydrogen-bond donors (Lipinski definition) is 1. The lowest BCUT2D eigenvalue weighted by molar-refractivity contribution is 0.280. The fraction of sp³-hybridized carbons (Fsp3) is 0.267. The molecule has 3 nitrogen and oxygen atoms in total. The topological polar surface area (TPSA) is 42.4 Å². The minimum Gasteiger partial charge on any atom is -0.438 e. The molecule has 1 heterocycles. The van der Waals surface area contributed by atoms with Crippen molar-refractivity contribution in [2.75, 3.05) is 0 Å². The maximum absolute atomic E-state index is 9.28. The van der Waals surface area contributed by atoms with Crippen molar-refractivity contribution >= 4 is 15.9 Å². The third-order valence-corrected chi connectivity index (χ3v) is 3.31. The summed E-state index contributed by atoms with van der Waals surface area (Å²) in [6, 6.07) is 11.3. The van der Waals surface area contributed by atoms with Crippen molar-refractivity contribution in [1.29, 1.82) is 0 Å². The number of aliphatic hydroxyl groups excluding tert-OH is 1. The van der Waals surface area contributed by atoms with E-state index in [9.17, 15) is 5.11 Å². The molecule has 0 aliphatic heterocycles. The van der Waals surface area contributed by atoms with Crippen LogP contribution < -0.4 is 4.74 Å². The molecule has 0 aliphatic rings. The minimum absolute atomic E-state index is 0.00838. The molecule has 0 bridgehead atoms. The Kier molecular flexibility index (Phi) is 4.93. The SMILES string of the molecule is CCCc1cc(CO)cc(Oc2ccccc2Br)n1. The Balaban J connectivity index is 2.29. The molecule has 0 unspecified atom stereocenters. The summed E-state index contributed by atoms with van der Waals surface area (Å²) in [6.07, 6.45) is 1.89. The number of hydrogen-bond acceptors (Lipinski definition) is 3. The number of benzene rings is 1. The molecule has 0 fully saturated rings. The molecular formula is C15H16BrNO2. The maximum Gasteiger partial charge on any atom is 0.219 e. The highest BCUT2D eigenvalue weighted by atomic mass is 79.9. The van der Waals surface area contributed by atoms with E-state index in [0.29, 0.717) is 11.6 Å². The Labute approximate surface area is 121 Å². The number of rotatable bonds is 5. The number of pyridine rings is 1. The van der Waals surface area contributed by atoms with Crippen LogP contribution in [0, 0.1) is 0 Å². The molecule has 0 amide bonds. The maximum atomic E-state index is 9.28. The molecule has 0 atom stereocenters. The lowest BCUT2D eigenvalue weighted by atomic mass is 10.2. The first-order chi connectivity index (χ1) is 9.22. The van der Waals surface area contributed by atoms with Gasteiger partial charge in [0.1, 0.15) is 5.75 Å². The highest BCUT2D eigenvalue weighted by molar-refractivity contribution is 9.10. The van der Waals surface area contributed by atoms with Crippen LogP contribution in [0.15, 0.2) is 40.9 Å². The highest BCUT2D eigenvalue weighted by Crippen LogP contribution is 2.29. The smallest absolute Gasteiger partial charge is 0.219 e. The molecule has 1 aromatic carbocycles. The zero-order valence-electron chi connectivity index (χ0n) is 10.8. The molecule has 4 heteroatoms. The molecule has 0 saturated heterocycles. The molecule has 0 aliphatic carbocycles. The zero-order valence-corrected chi connectivity index (χ0v) is 12.4. The van der Waals surface area contributed by atoms with Gasteiger partial charge in [-0.1, -0.05) is 25.5 Å². The third-order valence-electron chi connectivity index (χ3n) is 2.65. The average Bonchev–Trinajstić information content (AvgIpc) is 2.41. The van der Waals surface area contributed by atoms with Gasteiger partial charge in [-0.05, 0) is 46.1 Å². The molecule has 19 heavy (non-hydrogen) atoms. The fourth-order valence-corrected chi connectivity index (χ4v) is 2.15. The minimum atomic E-state index is -0.00838. The summed E-state index contributed by atoms with van der Waals surface area (Å²) >= 11 is 3.44. The number of ether oxygens (including phenoxy) is 1. The number of nitrogens with zero attached hydrogens (tertiary/aromatic N) is 1. The van der Waals surface area contributed by atoms with Gasteiger partial charge in [-0.25, -0.2) is 4.98 Å². The van der Waals surface area contributed by atoms with Gasteiger partial charge in [-0.2, -0.15) is 0 Å². The summed E-state index contributed by atoms with van der Waals surface area (Å²) < 4.78 is 6.65. The summed E-state index contributed by atoms with van der Waals surface area (Å²) in [5.74, 6) is 1.23. The summed E-state index contributed by atoms with van der Waals surface area (Å²) in [7, 11) is 0. The van der Waals surface area contributed by atoms with E-state index in [-0.39, 0.29) is 6.61 Å². The van der Waals surface area contributed by atoms with E-state index in [1.54, 1.807) is 6.07 Å². The summed E-state index contributed by atoms with van der Waals surface area (Å²) in [5, 5.41) is 9.28. The summed E-state index contributed by atoms with van der Waals surface area (Å²) in [6.45, 7) is 2.09. The second-order valence-electron chi connectivity index (χ2n) is 4.25. The van der Waals surface area contributed by atoms with Crippen LogP contribution in [0.4, 0.5) is 0 Å². The molecule has 2 rings (SSSR count). The lowest BCUT2D eigenvalue weighted by Gasteiger charge is -2.09.